The molecule has 1 aromatic rings. The van der Waals surface area contributed by atoms with E-state index in [9.17, 15) is 8.42 Å². The van der Waals surface area contributed by atoms with Crippen LogP contribution in [0.4, 0.5) is 0 Å². The standard InChI is InChI=1S/C15H20N2O3S/c1-12-8-10-13(11-9-12)21(19,20)17-15-7-5-3-2-4-6-14(15)16-18/h2-3,8-11,15,17-18H,4-7H2,1H3/b3-2-,16-14+. The first kappa shape index (κ1) is 15.7. The van der Waals surface area contributed by atoms with Crippen LogP contribution in [0, 0.1) is 6.92 Å². The van der Waals surface area contributed by atoms with Gasteiger partial charge in [-0.1, -0.05) is 35.0 Å². The Hall–Kier alpha value is -1.66. The third kappa shape index (κ3) is 4.15. The highest BCUT2D eigenvalue weighted by Gasteiger charge is 2.24. The van der Waals surface area contributed by atoms with Crippen LogP contribution >= 0.6 is 0 Å². The zero-order valence-corrected chi connectivity index (χ0v) is 12.8. The summed E-state index contributed by atoms with van der Waals surface area (Å²) in [5, 5.41) is 12.4. The van der Waals surface area contributed by atoms with Gasteiger partial charge in [-0.25, -0.2) is 13.1 Å². The number of nitrogens with one attached hydrogen (secondary N) is 1. The molecule has 0 saturated heterocycles. The molecule has 0 aliphatic heterocycles. The van der Waals surface area contributed by atoms with Crippen LogP contribution in [-0.2, 0) is 10.0 Å². The highest BCUT2D eigenvalue weighted by atomic mass is 32.2. The maximum absolute atomic E-state index is 12.4. The van der Waals surface area contributed by atoms with Crippen LogP contribution in [0.15, 0.2) is 46.5 Å². The fourth-order valence-electron chi connectivity index (χ4n) is 2.29. The molecule has 0 heterocycles. The van der Waals surface area contributed by atoms with Crippen molar-refractivity contribution in [3.63, 3.8) is 0 Å². The van der Waals surface area contributed by atoms with Crippen LogP contribution < -0.4 is 4.72 Å². The summed E-state index contributed by atoms with van der Waals surface area (Å²) in [6.07, 6.45) is 6.69. The first-order valence-electron chi connectivity index (χ1n) is 6.98. The van der Waals surface area contributed by atoms with E-state index in [0.717, 1.165) is 18.4 Å². The lowest BCUT2D eigenvalue weighted by Crippen LogP contribution is -2.41. The Morgan fingerprint density at radius 1 is 1.19 bits per heavy atom. The van der Waals surface area contributed by atoms with E-state index < -0.39 is 16.1 Å². The van der Waals surface area contributed by atoms with Crippen LogP contribution in [0.1, 0.15) is 31.2 Å². The van der Waals surface area contributed by atoms with Gasteiger partial charge >= 0.3 is 0 Å². The summed E-state index contributed by atoms with van der Waals surface area (Å²) in [6, 6.07) is 6.21. The Morgan fingerprint density at radius 2 is 1.86 bits per heavy atom. The van der Waals surface area contributed by atoms with Crippen molar-refractivity contribution in [2.75, 3.05) is 0 Å². The lowest BCUT2D eigenvalue weighted by atomic mass is 10.00. The molecule has 1 unspecified atom stereocenters. The third-order valence-corrected chi connectivity index (χ3v) is 5.00. The summed E-state index contributed by atoms with van der Waals surface area (Å²) in [4.78, 5) is 0.225. The zero-order chi connectivity index (χ0) is 15.3. The van der Waals surface area contributed by atoms with Crippen molar-refractivity contribution in [2.24, 2.45) is 5.16 Å². The molecule has 5 nitrogen and oxygen atoms in total. The molecule has 0 radical (unpaired) electrons. The summed E-state index contributed by atoms with van der Waals surface area (Å²) in [6.45, 7) is 1.90. The minimum absolute atomic E-state index is 0.225. The molecule has 0 spiro atoms. The highest BCUT2D eigenvalue weighted by molar-refractivity contribution is 7.89. The summed E-state index contributed by atoms with van der Waals surface area (Å²) < 4.78 is 27.5. The van der Waals surface area contributed by atoms with Gasteiger partial charge in [-0.3, -0.25) is 0 Å². The molecule has 1 aliphatic carbocycles. The smallest absolute Gasteiger partial charge is 0.241 e. The predicted octanol–water partition coefficient (Wildman–Crippen LogP) is 2.60. The number of benzene rings is 1. The van der Waals surface area contributed by atoms with Crippen molar-refractivity contribution >= 4 is 15.7 Å². The normalized spacial score (nSPS) is 23.5. The molecule has 2 N–H and O–H groups in total. The van der Waals surface area contributed by atoms with Gasteiger partial charge < -0.3 is 5.21 Å². The zero-order valence-electron chi connectivity index (χ0n) is 12.0. The number of sulfonamides is 1. The fraction of sp³-hybridized carbons (Fsp3) is 0.400. The Kier molecular flexibility index (Phi) is 5.14. The van der Waals surface area contributed by atoms with E-state index in [4.69, 9.17) is 5.21 Å². The van der Waals surface area contributed by atoms with Gasteiger partial charge in [0.1, 0.15) is 0 Å². The van der Waals surface area contributed by atoms with Crippen molar-refractivity contribution in [3.8, 4) is 0 Å². The van der Waals surface area contributed by atoms with E-state index in [1.807, 2.05) is 19.1 Å². The molecule has 2 rings (SSSR count). The van der Waals surface area contributed by atoms with Gasteiger partial charge in [0.2, 0.25) is 10.0 Å². The first-order chi connectivity index (χ1) is 10.0. The van der Waals surface area contributed by atoms with Crippen LogP contribution in [0.5, 0.6) is 0 Å². The van der Waals surface area contributed by atoms with Gasteiger partial charge in [0, 0.05) is 0 Å². The molecular weight excluding hydrogens is 288 g/mol. The largest absolute Gasteiger partial charge is 0.411 e. The minimum Gasteiger partial charge on any atom is -0.411 e. The molecule has 1 aliphatic rings. The van der Waals surface area contributed by atoms with Crippen molar-refractivity contribution in [2.45, 2.75) is 43.5 Å². The lowest BCUT2D eigenvalue weighted by molar-refractivity contribution is 0.314. The lowest BCUT2D eigenvalue weighted by Gasteiger charge is -2.20. The molecule has 1 atom stereocenters. The second-order valence-corrected chi connectivity index (χ2v) is 6.88. The van der Waals surface area contributed by atoms with Gasteiger partial charge in [-0.15, -0.1) is 0 Å². The second-order valence-electron chi connectivity index (χ2n) is 5.17. The molecule has 6 heteroatoms. The Labute approximate surface area is 125 Å². The molecule has 0 fully saturated rings. The molecular formula is C15H20N2O3S. The Balaban J connectivity index is 2.21. The quantitative estimate of drug-likeness (QED) is 0.512. The summed E-state index contributed by atoms with van der Waals surface area (Å²) >= 11 is 0. The molecule has 0 amide bonds. The van der Waals surface area contributed by atoms with Gasteiger partial charge in [0.15, 0.2) is 0 Å². The minimum atomic E-state index is -3.61. The summed E-state index contributed by atoms with van der Waals surface area (Å²) in [5.41, 5.74) is 1.48. The Morgan fingerprint density at radius 3 is 2.52 bits per heavy atom. The number of nitrogens with zero attached hydrogens (tertiary/aromatic N) is 1. The highest BCUT2D eigenvalue weighted by Crippen LogP contribution is 2.15. The van der Waals surface area contributed by atoms with Crippen molar-refractivity contribution < 1.29 is 13.6 Å². The number of oxime groups is 1. The number of allylic oxidation sites excluding steroid dienone is 2. The SMILES string of the molecule is Cc1ccc(S(=O)(=O)NC2CC/C=C\CC/C2=N\O)cc1. The van der Waals surface area contributed by atoms with E-state index in [-0.39, 0.29) is 4.90 Å². The molecule has 21 heavy (non-hydrogen) atoms. The topological polar surface area (TPSA) is 78.8 Å². The van der Waals surface area contributed by atoms with E-state index in [1.54, 1.807) is 24.3 Å². The van der Waals surface area contributed by atoms with Crippen molar-refractivity contribution in [3.05, 3.63) is 42.0 Å². The predicted molar refractivity (Wildman–Crippen MR) is 82.1 cm³/mol. The average Bonchev–Trinajstić information content (AvgIpc) is 2.43. The molecule has 1 aromatic carbocycles. The molecule has 0 aromatic heterocycles. The van der Waals surface area contributed by atoms with E-state index >= 15 is 0 Å². The van der Waals surface area contributed by atoms with Crippen molar-refractivity contribution in [1.29, 1.82) is 0 Å². The number of hydrogen-bond donors (Lipinski definition) is 2. The third-order valence-electron chi connectivity index (χ3n) is 3.52. The molecule has 0 bridgehead atoms. The Bertz CT molecular complexity index is 633. The summed E-state index contributed by atoms with van der Waals surface area (Å²) in [5.74, 6) is 0. The van der Waals surface area contributed by atoms with Crippen LogP contribution in [-0.4, -0.2) is 25.4 Å². The number of aryl methyl sites for hydroxylation is 1. The maximum atomic E-state index is 12.4. The second kappa shape index (κ2) is 6.87. The van der Waals surface area contributed by atoms with E-state index in [0.29, 0.717) is 18.6 Å². The van der Waals surface area contributed by atoms with Crippen LogP contribution in [0.3, 0.4) is 0 Å². The number of hydrogen-bond acceptors (Lipinski definition) is 4. The van der Waals surface area contributed by atoms with Gasteiger partial charge in [-0.2, -0.15) is 0 Å². The maximum Gasteiger partial charge on any atom is 0.241 e. The van der Waals surface area contributed by atoms with Crippen LogP contribution in [0.25, 0.3) is 0 Å². The first-order valence-corrected chi connectivity index (χ1v) is 8.46. The van der Waals surface area contributed by atoms with Gasteiger partial charge in [0.25, 0.3) is 0 Å². The average molecular weight is 308 g/mol. The van der Waals surface area contributed by atoms with Gasteiger partial charge in [0.05, 0.1) is 16.6 Å². The number of rotatable bonds is 3. The molecule has 0 saturated carbocycles. The molecule has 114 valence electrons. The monoisotopic (exact) mass is 308 g/mol. The summed E-state index contributed by atoms with van der Waals surface area (Å²) in [7, 11) is -3.61. The van der Waals surface area contributed by atoms with Gasteiger partial charge in [-0.05, 0) is 44.7 Å². The van der Waals surface area contributed by atoms with Crippen molar-refractivity contribution in [1.82, 2.24) is 4.72 Å². The van der Waals surface area contributed by atoms with E-state index in [1.165, 1.54) is 0 Å². The van der Waals surface area contributed by atoms with Crippen LogP contribution in [0.2, 0.25) is 0 Å². The van der Waals surface area contributed by atoms with E-state index in [2.05, 4.69) is 9.88 Å². The fourth-order valence-corrected chi connectivity index (χ4v) is 3.55.